The van der Waals surface area contributed by atoms with Crippen LogP contribution in [-0.2, 0) is 53.0 Å². The summed E-state index contributed by atoms with van der Waals surface area (Å²) < 4.78 is 39.4. The summed E-state index contributed by atoms with van der Waals surface area (Å²) >= 11 is 1.56. The molecule has 7 rings (SSSR count). The van der Waals surface area contributed by atoms with Crippen LogP contribution in [-0.4, -0.2) is 142 Å². The van der Waals surface area contributed by atoms with Gasteiger partial charge in [0.05, 0.1) is 79.5 Å². The first-order valence-corrected chi connectivity index (χ1v) is 29.0. The van der Waals surface area contributed by atoms with Gasteiger partial charge in [0.2, 0.25) is 17.7 Å². The predicted molar refractivity (Wildman–Crippen MR) is 316 cm³/mol. The predicted octanol–water partition coefficient (Wildman–Crippen LogP) is 8.34. The van der Waals surface area contributed by atoms with Crippen LogP contribution in [0.25, 0.3) is 32.8 Å². The van der Waals surface area contributed by atoms with Crippen molar-refractivity contribution in [1.29, 1.82) is 0 Å². The number of hydrogen-bond acceptors (Lipinski definition) is 14. The van der Waals surface area contributed by atoms with Gasteiger partial charge in [-0.05, 0) is 102 Å². The Hall–Kier alpha value is -7.04. The minimum Gasteiger partial charge on any atom is -0.491 e. The molecular weight excluding hydrogens is 1080 g/mol. The zero-order valence-electron chi connectivity index (χ0n) is 48.1. The Morgan fingerprint density at radius 1 is 0.807 bits per heavy atom. The van der Waals surface area contributed by atoms with E-state index in [-0.39, 0.29) is 76.4 Å². The van der Waals surface area contributed by atoms with Crippen LogP contribution in [0.5, 0.6) is 5.75 Å². The molecule has 1 aliphatic rings. The largest absolute Gasteiger partial charge is 0.491 e. The monoisotopic (exact) mass is 1160 g/mol. The van der Waals surface area contributed by atoms with Crippen molar-refractivity contribution in [3.8, 4) is 38.6 Å². The highest BCUT2D eigenvalue weighted by Crippen LogP contribution is 2.43. The van der Waals surface area contributed by atoms with E-state index in [0.29, 0.717) is 38.7 Å². The van der Waals surface area contributed by atoms with E-state index in [0.717, 1.165) is 61.0 Å². The van der Waals surface area contributed by atoms with E-state index in [1.165, 1.54) is 17.0 Å². The van der Waals surface area contributed by atoms with Crippen LogP contribution < -0.4 is 20.7 Å². The number of aliphatic hydroxyl groups excluding tert-OH is 3. The van der Waals surface area contributed by atoms with E-state index in [1.807, 2.05) is 107 Å². The molecule has 20 heteroatoms. The number of aromatic nitrogens is 2. The molecule has 4 aromatic carbocycles. The Balaban J connectivity index is 0.826. The fourth-order valence-corrected chi connectivity index (χ4v) is 11.1. The van der Waals surface area contributed by atoms with Gasteiger partial charge in [-0.1, -0.05) is 89.2 Å². The molecular formula is C63H79FN6O12S. The highest BCUT2D eigenvalue weighted by molar-refractivity contribution is 7.13. The molecule has 1 aliphatic heterocycles. The first-order valence-electron chi connectivity index (χ1n) is 28.2. The van der Waals surface area contributed by atoms with Crippen LogP contribution in [0.4, 0.5) is 10.1 Å². The summed E-state index contributed by atoms with van der Waals surface area (Å²) in [5, 5.41) is 50.3. The fraction of sp³-hybridized carbons (Fsp3) is 0.444. The van der Waals surface area contributed by atoms with E-state index in [1.54, 1.807) is 29.0 Å². The number of hydrogen-bond donors (Lipinski definition) is 7. The number of benzene rings is 4. The second-order valence-electron chi connectivity index (χ2n) is 22.1. The third-order valence-corrected chi connectivity index (χ3v) is 15.3. The topological polar surface area (TPSA) is 243 Å². The number of anilines is 1. The first-order chi connectivity index (χ1) is 39.8. The number of aryl methyl sites for hydroxylation is 1. The number of β-amino-alcohol motifs (C(OH)–C–C–N with tert-alkyl or cyclic N) is 1. The molecule has 6 aromatic rings. The molecule has 5 atom stereocenters. The standard InChI is InChI=1S/C63H79FN6O12S/c1-40(2)57-52(56(43-10-8-7-9-11-43)58(44-16-18-46(64)19-17-44)69(57)25-24-48(71)32-49(72)34-55(75)76)36-65-47-20-22-51(23-21-47)82-31-30-80-27-26-79-28-29-81-38-54(74)68-60(63(4,5)6)62(78)70-37-50(73)33-53(70)61(77)66-35-42-12-14-45(15-13-42)59-41(3)67-39-83-59/h7-23,39-40,48-50,53,60,65,71-73H,24-38H2,1-6H3,(H,66,77)(H,68,74)(H,75,76)/t48-,49-,50-,53+,60-/m1/s1. The molecule has 2 aromatic heterocycles. The van der Waals surface area contributed by atoms with E-state index >= 15 is 0 Å². The number of likely N-dealkylation sites (tertiary alicyclic amines) is 1. The number of amides is 3. The summed E-state index contributed by atoms with van der Waals surface area (Å²) in [6.07, 6.45) is -3.24. The molecule has 446 valence electrons. The zero-order valence-corrected chi connectivity index (χ0v) is 49.0. The smallest absolute Gasteiger partial charge is 0.305 e. The molecule has 1 saturated heterocycles. The van der Waals surface area contributed by atoms with Gasteiger partial charge in [0.1, 0.15) is 36.9 Å². The van der Waals surface area contributed by atoms with E-state index in [2.05, 4.69) is 39.3 Å². The van der Waals surface area contributed by atoms with Gasteiger partial charge in [0.15, 0.2) is 0 Å². The van der Waals surface area contributed by atoms with Crippen molar-refractivity contribution in [2.75, 3.05) is 58.1 Å². The molecule has 18 nitrogen and oxygen atoms in total. The number of carboxylic acid groups (broad SMARTS) is 1. The van der Waals surface area contributed by atoms with Gasteiger partial charge in [-0.2, -0.15) is 0 Å². The lowest BCUT2D eigenvalue weighted by atomic mass is 9.85. The fourth-order valence-electron chi connectivity index (χ4n) is 10.2. The zero-order chi connectivity index (χ0) is 59.6. The van der Waals surface area contributed by atoms with Crippen molar-refractivity contribution in [2.45, 2.75) is 123 Å². The second kappa shape index (κ2) is 30.5. The number of nitrogens with zero attached hydrogens (tertiary/aromatic N) is 3. The summed E-state index contributed by atoms with van der Waals surface area (Å²) in [7, 11) is 0. The molecule has 0 bridgehead atoms. The maximum absolute atomic E-state index is 14.3. The van der Waals surface area contributed by atoms with Gasteiger partial charge in [-0.25, -0.2) is 9.37 Å². The third-order valence-electron chi connectivity index (χ3n) is 14.3. The Bertz CT molecular complexity index is 3040. The molecule has 7 N–H and O–H groups in total. The molecule has 0 saturated carbocycles. The summed E-state index contributed by atoms with van der Waals surface area (Å²) in [4.78, 5) is 58.5. The SMILES string of the molecule is Cc1ncsc1-c1ccc(CNC(=O)[C@@H]2C[C@@H](O)CN2C(=O)[C@@H](NC(=O)COCCOCCOCCOc2ccc(NCc3c(-c4ccccc4)c(-c4ccc(F)cc4)n(CC[C@@H](O)C[C@@H](O)CC(=O)O)c3C(C)C)cc2)C(C)(C)C)cc1. The van der Waals surface area contributed by atoms with Crippen molar-refractivity contribution in [1.82, 2.24) is 25.1 Å². The highest BCUT2D eigenvalue weighted by atomic mass is 32.1. The normalized spacial score (nSPS) is 15.5. The van der Waals surface area contributed by atoms with Gasteiger partial charge in [-0.15, -0.1) is 11.3 Å². The number of rotatable bonds is 31. The van der Waals surface area contributed by atoms with Crippen molar-refractivity contribution >= 4 is 40.7 Å². The number of halogens is 1. The van der Waals surface area contributed by atoms with Crippen molar-refractivity contribution in [3.63, 3.8) is 0 Å². The molecule has 0 spiro atoms. The van der Waals surface area contributed by atoms with Crippen LogP contribution in [0.1, 0.15) is 88.7 Å². The highest BCUT2D eigenvalue weighted by Gasteiger charge is 2.44. The van der Waals surface area contributed by atoms with E-state index in [9.17, 15) is 38.9 Å². The summed E-state index contributed by atoms with van der Waals surface area (Å²) in [6.45, 7) is 13.8. The number of aliphatic hydroxyl groups is 3. The van der Waals surface area contributed by atoms with Gasteiger partial charge in [-0.3, -0.25) is 19.2 Å². The van der Waals surface area contributed by atoms with Crippen molar-refractivity contribution in [3.05, 3.63) is 137 Å². The second-order valence-corrected chi connectivity index (χ2v) is 23.0. The van der Waals surface area contributed by atoms with E-state index in [4.69, 9.17) is 24.1 Å². The maximum atomic E-state index is 14.3. The van der Waals surface area contributed by atoms with Gasteiger partial charge in [0, 0.05) is 55.1 Å². The number of ether oxygens (including phenoxy) is 4. The van der Waals surface area contributed by atoms with Crippen LogP contribution in [0.3, 0.4) is 0 Å². The van der Waals surface area contributed by atoms with Crippen LogP contribution in [0.2, 0.25) is 0 Å². The maximum Gasteiger partial charge on any atom is 0.305 e. The Morgan fingerprint density at radius 2 is 1.46 bits per heavy atom. The summed E-state index contributed by atoms with van der Waals surface area (Å²) in [5.41, 5.74) is 10.4. The van der Waals surface area contributed by atoms with Crippen LogP contribution in [0, 0.1) is 18.2 Å². The number of nitrogens with one attached hydrogen (secondary N) is 3. The van der Waals surface area contributed by atoms with Crippen molar-refractivity contribution < 1.29 is 62.9 Å². The minimum atomic E-state index is -1.18. The lowest BCUT2D eigenvalue weighted by molar-refractivity contribution is -0.144. The molecule has 3 heterocycles. The Labute approximate surface area is 489 Å². The first kappa shape index (κ1) is 63.5. The summed E-state index contributed by atoms with van der Waals surface area (Å²) in [6, 6.07) is 29.8. The lowest BCUT2D eigenvalue weighted by Gasteiger charge is -2.35. The molecule has 83 heavy (non-hydrogen) atoms. The minimum absolute atomic E-state index is 0.0225. The van der Waals surface area contributed by atoms with Gasteiger partial charge >= 0.3 is 5.97 Å². The molecule has 1 fully saturated rings. The molecule has 0 aliphatic carbocycles. The van der Waals surface area contributed by atoms with Gasteiger partial charge < -0.3 is 64.8 Å². The number of carbonyl (C=O) groups is 4. The van der Waals surface area contributed by atoms with Crippen molar-refractivity contribution in [2.24, 2.45) is 5.41 Å². The Kier molecular flexibility index (Phi) is 23.3. The summed E-state index contributed by atoms with van der Waals surface area (Å²) in [5.74, 6) is -2.18. The van der Waals surface area contributed by atoms with Crippen LogP contribution >= 0.6 is 11.3 Å². The third kappa shape index (κ3) is 18.2. The van der Waals surface area contributed by atoms with Gasteiger partial charge in [0.25, 0.3) is 0 Å². The average Bonchev–Trinajstić information content (AvgIpc) is 3.61. The van der Waals surface area contributed by atoms with E-state index < -0.39 is 60.0 Å². The number of aliphatic carboxylic acids is 1. The molecule has 0 radical (unpaired) electrons. The average molecular weight is 1160 g/mol. The molecule has 3 amide bonds. The lowest BCUT2D eigenvalue weighted by Crippen LogP contribution is -2.58. The number of carbonyl (C=O) groups excluding carboxylic acids is 3. The quantitative estimate of drug-likeness (QED) is 0.0203. The number of carboxylic acids is 1. The Morgan fingerprint density at radius 3 is 2.08 bits per heavy atom. The molecule has 0 unspecified atom stereocenters. The number of thiazole rings is 1. The van der Waals surface area contributed by atoms with Crippen LogP contribution in [0.15, 0.2) is 109 Å².